The highest BCUT2D eigenvalue weighted by atomic mass is 19.1. The summed E-state index contributed by atoms with van der Waals surface area (Å²) in [5.74, 6) is -1.00. The normalized spacial score (nSPS) is 11.3. The second-order valence-corrected chi connectivity index (χ2v) is 8.00. The molecule has 0 aliphatic carbocycles. The highest BCUT2D eigenvalue weighted by molar-refractivity contribution is 6.11. The number of halogens is 1. The zero-order valence-corrected chi connectivity index (χ0v) is 17.6. The van der Waals surface area contributed by atoms with Crippen molar-refractivity contribution >= 4 is 17.4 Å². The van der Waals surface area contributed by atoms with Gasteiger partial charge in [0.15, 0.2) is 5.78 Å². The molecule has 30 heavy (non-hydrogen) atoms. The lowest BCUT2D eigenvalue weighted by Crippen LogP contribution is -2.16. The van der Waals surface area contributed by atoms with Gasteiger partial charge in [-0.2, -0.15) is 5.10 Å². The van der Waals surface area contributed by atoms with E-state index in [4.69, 9.17) is 4.74 Å². The molecular weight excluding hydrogens is 385 g/mol. The number of hydrogen-bond acceptors (Lipinski definition) is 4. The van der Waals surface area contributed by atoms with Crippen molar-refractivity contribution in [2.75, 3.05) is 12.4 Å². The standard InChI is InChI=1S/C23H24FN3O3/c1-23(2,3)20-13-18(27(4)26-20)22(29)25-16-8-6-7-14(11-16)21(28)17-10-9-15(24)12-19(17)30-5/h6-13H,1-5H3,(H,25,29). The lowest BCUT2D eigenvalue weighted by molar-refractivity contribution is 0.101. The fraction of sp³-hybridized carbons (Fsp3) is 0.261. The molecule has 0 saturated carbocycles. The summed E-state index contributed by atoms with van der Waals surface area (Å²) in [5.41, 5.74) is 2.09. The highest BCUT2D eigenvalue weighted by Gasteiger charge is 2.22. The van der Waals surface area contributed by atoms with Gasteiger partial charge in [-0.25, -0.2) is 4.39 Å². The summed E-state index contributed by atoms with van der Waals surface area (Å²) in [7, 11) is 3.09. The molecule has 0 unspecified atom stereocenters. The van der Waals surface area contributed by atoms with Crippen LogP contribution in [0.15, 0.2) is 48.5 Å². The Hall–Kier alpha value is -3.48. The molecular formula is C23H24FN3O3. The third kappa shape index (κ3) is 4.40. The van der Waals surface area contributed by atoms with Gasteiger partial charge in [-0.3, -0.25) is 14.3 Å². The lowest BCUT2D eigenvalue weighted by Gasteiger charge is -2.13. The Morgan fingerprint density at radius 1 is 1.10 bits per heavy atom. The van der Waals surface area contributed by atoms with E-state index in [1.54, 1.807) is 37.4 Å². The molecule has 0 bridgehead atoms. The highest BCUT2D eigenvalue weighted by Crippen LogP contribution is 2.25. The largest absolute Gasteiger partial charge is 0.496 e. The Kier molecular flexibility index (Phi) is 5.73. The van der Waals surface area contributed by atoms with Crippen LogP contribution in [0.5, 0.6) is 5.75 Å². The summed E-state index contributed by atoms with van der Waals surface area (Å²) in [6, 6.07) is 12.1. The first-order valence-electron chi connectivity index (χ1n) is 9.44. The molecule has 0 atom stereocenters. The molecule has 1 N–H and O–H groups in total. The van der Waals surface area contributed by atoms with E-state index in [0.717, 1.165) is 11.8 Å². The Labute approximate surface area is 174 Å². The van der Waals surface area contributed by atoms with Crippen LogP contribution in [0, 0.1) is 5.82 Å². The van der Waals surface area contributed by atoms with Crippen molar-refractivity contribution in [3.8, 4) is 5.75 Å². The Morgan fingerprint density at radius 2 is 1.83 bits per heavy atom. The number of aromatic nitrogens is 2. The van der Waals surface area contributed by atoms with Crippen LogP contribution >= 0.6 is 0 Å². The van der Waals surface area contributed by atoms with Crippen molar-refractivity contribution < 1.29 is 18.7 Å². The predicted octanol–water partition coefficient (Wildman–Crippen LogP) is 4.35. The smallest absolute Gasteiger partial charge is 0.273 e. The van der Waals surface area contributed by atoms with Crippen molar-refractivity contribution in [3.63, 3.8) is 0 Å². The van der Waals surface area contributed by atoms with E-state index in [1.165, 1.54) is 23.9 Å². The topological polar surface area (TPSA) is 73.2 Å². The second kappa shape index (κ2) is 8.10. The molecule has 2 aromatic carbocycles. The molecule has 6 nitrogen and oxygen atoms in total. The van der Waals surface area contributed by atoms with Crippen LogP contribution in [-0.4, -0.2) is 28.6 Å². The van der Waals surface area contributed by atoms with Gasteiger partial charge in [0.1, 0.15) is 17.3 Å². The SMILES string of the molecule is COc1cc(F)ccc1C(=O)c1cccc(NC(=O)c2cc(C(C)(C)C)nn2C)c1. The van der Waals surface area contributed by atoms with Crippen molar-refractivity contribution in [1.82, 2.24) is 9.78 Å². The Bertz CT molecular complexity index is 1110. The number of methoxy groups -OCH3 is 1. The number of rotatable bonds is 5. The molecule has 1 amide bonds. The molecule has 3 rings (SSSR count). The van der Waals surface area contributed by atoms with Crippen molar-refractivity contribution in [2.24, 2.45) is 7.05 Å². The van der Waals surface area contributed by atoms with Crippen LogP contribution in [0.2, 0.25) is 0 Å². The quantitative estimate of drug-likeness (QED) is 0.636. The van der Waals surface area contributed by atoms with Gasteiger partial charge in [-0.1, -0.05) is 32.9 Å². The zero-order chi connectivity index (χ0) is 22.1. The van der Waals surface area contributed by atoms with Gasteiger partial charge in [0.25, 0.3) is 5.91 Å². The molecule has 0 aliphatic heterocycles. The van der Waals surface area contributed by atoms with Gasteiger partial charge < -0.3 is 10.1 Å². The van der Waals surface area contributed by atoms with E-state index in [0.29, 0.717) is 16.9 Å². The Balaban J connectivity index is 1.85. The summed E-state index contributed by atoms with van der Waals surface area (Å²) in [6.45, 7) is 6.07. The molecule has 3 aromatic rings. The maximum absolute atomic E-state index is 13.4. The fourth-order valence-electron chi connectivity index (χ4n) is 2.99. The number of carbonyl (C=O) groups is 2. The second-order valence-electron chi connectivity index (χ2n) is 8.00. The van der Waals surface area contributed by atoms with Gasteiger partial charge in [-0.15, -0.1) is 0 Å². The first-order valence-corrected chi connectivity index (χ1v) is 9.44. The first-order chi connectivity index (χ1) is 14.1. The summed E-state index contributed by atoms with van der Waals surface area (Å²) >= 11 is 0. The summed E-state index contributed by atoms with van der Waals surface area (Å²) in [5, 5.41) is 7.22. The zero-order valence-electron chi connectivity index (χ0n) is 17.6. The average molecular weight is 409 g/mol. The van der Waals surface area contributed by atoms with Crippen LogP contribution in [0.25, 0.3) is 0 Å². The van der Waals surface area contributed by atoms with E-state index < -0.39 is 5.82 Å². The summed E-state index contributed by atoms with van der Waals surface area (Å²) < 4.78 is 20.1. The van der Waals surface area contributed by atoms with Crippen LogP contribution in [-0.2, 0) is 12.5 Å². The van der Waals surface area contributed by atoms with Gasteiger partial charge in [0, 0.05) is 29.8 Å². The van der Waals surface area contributed by atoms with Gasteiger partial charge in [0.2, 0.25) is 0 Å². The van der Waals surface area contributed by atoms with Gasteiger partial charge in [-0.05, 0) is 30.3 Å². The van der Waals surface area contributed by atoms with E-state index in [9.17, 15) is 14.0 Å². The van der Waals surface area contributed by atoms with Crippen molar-refractivity contribution in [3.05, 3.63) is 76.9 Å². The van der Waals surface area contributed by atoms with Crippen molar-refractivity contribution in [1.29, 1.82) is 0 Å². The monoisotopic (exact) mass is 409 g/mol. The van der Waals surface area contributed by atoms with Crippen LogP contribution in [0.3, 0.4) is 0 Å². The summed E-state index contributed by atoms with van der Waals surface area (Å²) in [4.78, 5) is 25.6. The third-order valence-corrected chi connectivity index (χ3v) is 4.67. The minimum Gasteiger partial charge on any atom is -0.496 e. The van der Waals surface area contributed by atoms with E-state index >= 15 is 0 Å². The molecule has 156 valence electrons. The Morgan fingerprint density at radius 3 is 2.47 bits per heavy atom. The minimum absolute atomic E-state index is 0.152. The lowest BCUT2D eigenvalue weighted by atomic mass is 9.92. The maximum atomic E-state index is 13.4. The maximum Gasteiger partial charge on any atom is 0.273 e. The number of nitrogens with zero attached hydrogens (tertiary/aromatic N) is 2. The number of carbonyl (C=O) groups excluding carboxylic acids is 2. The van der Waals surface area contributed by atoms with E-state index in [-0.39, 0.29) is 28.4 Å². The van der Waals surface area contributed by atoms with E-state index in [2.05, 4.69) is 10.4 Å². The molecule has 0 saturated heterocycles. The van der Waals surface area contributed by atoms with Gasteiger partial charge >= 0.3 is 0 Å². The number of hydrogen-bond donors (Lipinski definition) is 1. The van der Waals surface area contributed by atoms with Crippen LogP contribution in [0.4, 0.5) is 10.1 Å². The number of nitrogens with one attached hydrogen (secondary N) is 1. The number of aryl methyl sites for hydroxylation is 1. The predicted molar refractivity (Wildman–Crippen MR) is 113 cm³/mol. The molecule has 0 aliphatic rings. The van der Waals surface area contributed by atoms with E-state index in [1.807, 2.05) is 20.8 Å². The fourth-order valence-corrected chi connectivity index (χ4v) is 2.99. The van der Waals surface area contributed by atoms with Crippen molar-refractivity contribution in [2.45, 2.75) is 26.2 Å². The first kappa shape index (κ1) is 21.2. The molecule has 0 fully saturated rings. The molecule has 1 heterocycles. The number of benzene rings is 2. The number of ether oxygens (including phenoxy) is 1. The number of ketones is 1. The minimum atomic E-state index is -0.491. The van der Waals surface area contributed by atoms with Gasteiger partial charge in [0.05, 0.1) is 18.4 Å². The molecule has 0 radical (unpaired) electrons. The molecule has 1 aromatic heterocycles. The third-order valence-electron chi connectivity index (χ3n) is 4.67. The summed E-state index contributed by atoms with van der Waals surface area (Å²) in [6.07, 6.45) is 0. The van der Waals surface area contributed by atoms with Crippen LogP contribution < -0.4 is 10.1 Å². The number of amides is 1. The molecule has 7 heteroatoms. The van der Waals surface area contributed by atoms with Crippen LogP contribution in [0.1, 0.15) is 52.9 Å². The number of anilines is 1. The average Bonchev–Trinajstić information content (AvgIpc) is 3.10. The molecule has 0 spiro atoms.